The second-order valence-corrected chi connectivity index (χ2v) is 5.87. The van der Waals surface area contributed by atoms with Crippen molar-refractivity contribution in [1.29, 1.82) is 5.26 Å². The highest BCUT2D eigenvalue weighted by molar-refractivity contribution is 7.89. The van der Waals surface area contributed by atoms with E-state index in [2.05, 4.69) is 10.3 Å². The van der Waals surface area contributed by atoms with E-state index in [1.165, 1.54) is 23.7 Å². The number of nitriles is 1. The predicted octanol–water partition coefficient (Wildman–Crippen LogP) is 0.674. The van der Waals surface area contributed by atoms with Crippen LogP contribution in [0.2, 0.25) is 0 Å². The van der Waals surface area contributed by atoms with Crippen LogP contribution in [0.5, 0.6) is 0 Å². The molecule has 0 atom stereocenters. The molecular weight excluding hydrogens is 280 g/mol. The molecule has 0 saturated heterocycles. The number of hydrogen-bond acceptors (Lipinski definition) is 6. The van der Waals surface area contributed by atoms with Gasteiger partial charge in [0, 0.05) is 39.9 Å². The van der Waals surface area contributed by atoms with Crippen molar-refractivity contribution < 1.29 is 13.2 Å². The quantitative estimate of drug-likeness (QED) is 0.758. The number of hydrogen-bond donors (Lipinski definition) is 1. The summed E-state index contributed by atoms with van der Waals surface area (Å²) in [6.07, 6.45) is 1.43. The molecule has 110 valence electrons. The summed E-state index contributed by atoms with van der Waals surface area (Å²) < 4.78 is 31.0. The van der Waals surface area contributed by atoms with Crippen molar-refractivity contribution in [2.45, 2.75) is 11.3 Å². The van der Waals surface area contributed by atoms with Crippen LogP contribution in [0.4, 0.5) is 5.82 Å². The van der Waals surface area contributed by atoms with Gasteiger partial charge in [-0.15, -0.1) is 0 Å². The van der Waals surface area contributed by atoms with E-state index in [1.807, 2.05) is 6.07 Å². The topological polar surface area (TPSA) is 95.3 Å². The van der Waals surface area contributed by atoms with E-state index in [1.54, 1.807) is 13.1 Å². The Morgan fingerprint density at radius 3 is 2.70 bits per heavy atom. The molecule has 0 fully saturated rings. The first-order chi connectivity index (χ1) is 9.56. The van der Waals surface area contributed by atoms with Crippen LogP contribution in [-0.4, -0.2) is 51.6 Å². The lowest BCUT2D eigenvalue weighted by Gasteiger charge is -2.20. The number of nitrogens with one attached hydrogen (secondary N) is 1. The van der Waals surface area contributed by atoms with Gasteiger partial charge in [-0.1, -0.05) is 0 Å². The minimum Gasteiger partial charge on any atom is -0.383 e. The predicted molar refractivity (Wildman–Crippen MR) is 74.6 cm³/mol. The second kappa shape index (κ2) is 7.79. The van der Waals surface area contributed by atoms with Crippen LogP contribution in [0, 0.1) is 11.3 Å². The SMILES string of the molecule is CNc1ccc(S(=O)(=O)N(CCC#N)CCOC)cn1. The molecular formula is C12H18N4O3S. The Morgan fingerprint density at radius 1 is 1.45 bits per heavy atom. The Labute approximate surface area is 119 Å². The van der Waals surface area contributed by atoms with E-state index in [0.717, 1.165) is 0 Å². The lowest BCUT2D eigenvalue weighted by atomic mass is 10.4. The number of ether oxygens (including phenoxy) is 1. The molecule has 0 aromatic carbocycles. The lowest BCUT2D eigenvalue weighted by Crippen LogP contribution is -2.34. The van der Waals surface area contributed by atoms with Gasteiger partial charge in [-0.25, -0.2) is 13.4 Å². The first-order valence-corrected chi connectivity index (χ1v) is 7.50. The summed E-state index contributed by atoms with van der Waals surface area (Å²) in [5, 5.41) is 11.4. The summed E-state index contributed by atoms with van der Waals surface area (Å²) in [6, 6.07) is 5.02. The van der Waals surface area contributed by atoms with Crippen molar-refractivity contribution in [3.8, 4) is 6.07 Å². The van der Waals surface area contributed by atoms with E-state index in [4.69, 9.17) is 10.00 Å². The molecule has 1 N–H and O–H groups in total. The molecule has 0 spiro atoms. The molecule has 0 aliphatic rings. The third-order valence-electron chi connectivity index (χ3n) is 2.65. The fraction of sp³-hybridized carbons (Fsp3) is 0.500. The summed E-state index contributed by atoms with van der Waals surface area (Å²) in [4.78, 5) is 4.10. The average molecular weight is 298 g/mol. The minimum atomic E-state index is -3.66. The number of nitrogens with zero attached hydrogens (tertiary/aromatic N) is 3. The number of rotatable bonds is 8. The molecule has 0 bridgehead atoms. The number of aromatic nitrogens is 1. The normalized spacial score (nSPS) is 11.3. The van der Waals surface area contributed by atoms with Crippen molar-refractivity contribution in [3.05, 3.63) is 18.3 Å². The molecule has 0 aliphatic heterocycles. The molecule has 0 unspecified atom stereocenters. The van der Waals surface area contributed by atoms with Crippen LogP contribution in [0.1, 0.15) is 6.42 Å². The highest BCUT2D eigenvalue weighted by Crippen LogP contribution is 2.16. The Kier molecular flexibility index (Phi) is 6.38. The maximum absolute atomic E-state index is 12.4. The Bertz CT molecular complexity index is 551. The summed E-state index contributed by atoms with van der Waals surface area (Å²) in [5.41, 5.74) is 0. The average Bonchev–Trinajstić information content (AvgIpc) is 2.47. The molecule has 0 saturated carbocycles. The zero-order chi connectivity index (χ0) is 15.0. The van der Waals surface area contributed by atoms with E-state index in [0.29, 0.717) is 5.82 Å². The minimum absolute atomic E-state index is 0.102. The summed E-state index contributed by atoms with van der Waals surface area (Å²) >= 11 is 0. The van der Waals surface area contributed by atoms with Crippen LogP contribution in [0.15, 0.2) is 23.2 Å². The first kappa shape index (κ1) is 16.4. The van der Waals surface area contributed by atoms with Gasteiger partial charge in [0.15, 0.2) is 0 Å². The molecule has 8 heteroatoms. The summed E-state index contributed by atoms with van der Waals surface area (Å²) in [5.74, 6) is 0.587. The third-order valence-corrected chi connectivity index (χ3v) is 4.53. The van der Waals surface area contributed by atoms with E-state index < -0.39 is 10.0 Å². The maximum atomic E-state index is 12.4. The van der Waals surface area contributed by atoms with E-state index >= 15 is 0 Å². The standard InChI is InChI=1S/C12H18N4O3S/c1-14-12-5-4-11(10-15-12)20(17,18)16(7-3-6-13)8-9-19-2/h4-5,10H,3,7-9H2,1-2H3,(H,14,15). The van der Waals surface area contributed by atoms with Gasteiger partial charge in [-0.2, -0.15) is 9.57 Å². The zero-order valence-corrected chi connectivity index (χ0v) is 12.4. The largest absolute Gasteiger partial charge is 0.383 e. The maximum Gasteiger partial charge on any atom is 0.244 e. The molecule has 20 heavy (non-hydrogen) atoms. The van der Waals surface area contributed by atoms with Crippen LogP contribution in [-0.2, 0) is 14.8 Å². The van der Waals surface area contributed by atoms with Gasteiger partial charge in [-0.3, -0.25) is 0 Å². The smallest absolute Gasteiger partial charge is 0.244 e. The van der Waals surface area contributed by atoms with Gasteiger partial charge in [0.1, 0.15) is 10.7 Å². The van der Waals surface area contributed by atoms with Crippen LogP contribution in [0.3, 0.4) is 0 Å². The second-order valence-electron chi connectivity index (χ2n) is 3.93. The lowest BCUT2D eigenvalue weighted by molar-refractivity contribution is 0.179. The Balaban J connectivity index is 2.97. The monoisotopic (exact) mass is 298 g/mol. The zero-order valence-electron chi connectivity index (χ0n) is 11.5. The molecule has 1 aromatic heterocycles. The van der Waals surface area contributed by atoms with Gasteiger partial charge in [0.05, 0.1) is 12.7 Å². The van der Waals surface area contributed by atoms with Gasteiger partial charge in [0.25, 0.3) is 0 Å². The number of pyridine rings is 1. The molecule has 0 amide bonds. The van der Waals surface area contributed by atoms with Crippen molar-refractivity contribution in [1.82, 2.24) is 9.29 Å². The molecule has 1 aromatic rings. The molecule has 1 rings (SSSR count). The van der Waals surface area contributed by atoms with E-state index in [-0.39, 0.29) is 31.0 Å². The Morgan fingerprint density at radius 2 is 2.20 bits per heavy atom. The highest BCUT2D eigenvalue weighted by Gasteiger charge is 2.24. The number of methoxy groups -OCH3 is 1. The van der Waals surface area contributed by atoms with Gasteiger partial charge in [0.2, 0.25) is 10.0 Å². The van der Waals surface area contributed by atoms with Crippen molar-refractivity contribution in [3.63, 3.8) is 0 Å². The molecule has 0 aliphatic carbocycles. The van der Waals surface area contributed by atoms with Gasteiger partial charge >= 0.3 is 0 Å². The van der Waals surface area contributed by atoms with Crippen molar-refractivity contribution in [2.24, 2.45) is 0 Å². The van der Waals surface area contributed by atoms with Gasteiger partial charge in [-0.05, 0) is 12.1 Å². The molecule has 0 radical (unpaired) electrons. The summed E-state index contributed by atoms with van der Waals surface area (Å²) in [6.45, 7) is 0.608. The van der Waals surface area contributed by atoms with E-state index in [9.17, 15) is 8.42 Å². The van der Waals surface area contributed by atoms with Gasteiger partial charge < -0.3 is 10.1 Å². The van der Waals surface area contributed by atoms with Crippen molar-refractivity contribution in [2.75, 3.05) is 39.2 Å². The first-order valence-electron chi connectivity index (χ1n) is 6.06. The summed E-state index contributed by atoms with van der Waals surface area (Å²) in [7, 11) is -0.458. The Hall–Kier alpha value is -1.69. The number of sulfonamides is 1. The highest BCUT2D eigenvalue weighted by atomic mass is 32.2. The fourth-order valence-corrected chi connectivity index (χ4v) is 2.92. The van der Waals surface area contributed by atoms with Crippen molar-refractivity contribution >= 4 is 15.8 Å². The van der Waals surface area contributed by atoms with Crippen LogP contribution < -0.4 is 5.32 Å². The third kappa shape index (κ3) is 4.16. The molecule has 1 heterocycles. The van der Waals surface area contributed by atoms with Crippen LogP contribution >= 0.6 is 0 Å². The fourth-order valence-electron chi connectivity index (χ4n) is 1.55. The molecule has 7 nitrogen and oxygen atoms in total. The number of anilines is 1. The van der Waals surface area contributed by atoms with Crippen LogP contribution in [0.25, 0.3) is 0 Å².